The van der Waals surface area contributed by atoms with Crippen LogP contribution < -0.4 is 5.32 Å². The molecule has 4 nitrogen and oxygen atoms in total. The first-order valence-electron chi connectivity index (χ1n) is 5.95. The van der Waals surface area contributed by atoms with Crippen molar-refractivity contribution in [2.45, 2.75) is 25.7 Å². The number of aryl methyl sites for hydroxylation is 1. The number of carbonyl (C=O) groups is 1. The predicted octanol–water partition coefficient (Wildman–Crippen LogP) is 1.50. The molecule has 1 aliphatic carbocycles. The number of nitrogens with zero attached hydrogens (tertiary/aromatic N) is 2. The van der Waals surface area contributed by atoms with Crippen molar-refractivity contribution in [1.29, 1.82) is 0 Å². The number of rotatable bonds is 0. The van der Waals surface area contributed by atoms with Gasteiger partial charge in [0.05, 0.1) is 6.20 Å². The van der Waals surface area contributed by atoms with Crippen LogP contribution >= 0.6 is 17.0 Å². The molecule has 0 bridgehead atoms. The Hall–Kier alpha value is -0.680. The van der Waals surface area contributed by atoms with Crippen LogP contribution in [0.5, 0.6) is 0 Å². The SMILES string of the molecule is Br.Cn1ncc2c1C(=O)CC1(CCNCC1)C2. The number of aromatic nitrogens is 2. The van der Waals surface area contributed by atoms with Crippen molar-refractivity contribution in [3.63, 3.8) is 0 Å². The molecule has 2 heterocycles. The topological polar surface area (TPSA) is 46.9 Å². The molecule has 5 heteroatoms. The standard InChI is InChI=1S/C12H17N3O.BrH/c1-15-11-9(8-14-15)6-12(7-10(11)16)2-4-13-5-3-12;/h8,13H,2-7H2,1H3;1H. The van der Waals surface area contributed by atoms with Gasteiger partial charge in [0.2, 0.25) is 0 Å². The molecular formula is C12H18BrN3O. The summed E-state index contributed by atoms with van der Waals surface area (Å²) in [5.74, 6) is 0.281. The van der Waals surface area contributed by atoms with Gasteiger partial charge in [-0.2, -0.15) is 5.10 Å². The highest BCUT2D eigenvalue weighted by Gasteiger charge is 2.40. The minimum Gasteiger partial charge on any atom is -0.317 e. The van der Waals surface area contributed by atoms with Crippen LogP contribution in [0.3, 0.4) is 0 Å². The first-order chi connectivity index (χ1) is 7.70. The van der Waals surface area contributed by atoms with Crippen molar-refractivity contribution < 1.29 is 4.79 Å². The first-order valence-corrected chi connectivity index (χ1v) is 5.95. The summed E-state index contributed by atoms with van der Waals surface area (Å²) >= 11 is 0. The monoisotopic (exact) mass is 299 g/mol. The van der Waals surface area contributed by atoms with Gasteiger partial charge in [-0.3, -0.25) is 9.48 Å². The second kappa shape index (κ2) is 4.53. The van der Waals surface area contributed by atoms with E-state index in [1.807, 2.05) is 13.2 Å². The quantitative estimate of drug-likeness (QED) is 0.790. The number of Topliss-reactive ketones (excluding diaryl/α,β-unsaturated/α-hetero) is 1. The molecule has 1 aromatic rings. The van der Waals surface area contributed by atoms with Gasteiger partial charge in [0.25, 0.3) is 0 Å². The molecule has 0 saturated carbocycles. The lowest BCUT2D eigenvalue weighted by Gasteiger charge is -2.39. The largest absolute Gasteiger partial charge is 0.317 e. The van der Waals surface area contributed by atoms with Crippen molar-refractivity contribution in [1.82, 2.24) is 15.1 Å². The lowest BCUT2D eigenvalue weighted by molar-refractivity contribution is 0.0825. The third kappa shape index (κ3) is 2.06. The average Bonchev–Trinajstić information content (AvgIpc) is 2.61. The molecule has 0 aromatic carbocycles. The van der Waals surface area contributed by atoms with Gasteiger partial charge in [0.15, 0.2) is 5.78 Å². The Bertz CT molecular complexity index is 435. The number of ketones is 1. The third-order valence-electron chi connectivity index (χ3n) is 4.04. The minimum atomic E-state index is 0. The second-order valence-electron chi connectivity index (χ2n) is 5.17. The van der Waals surface area contributed by atoms with E-state index in [4.69, 9.17) is 0 Å². The van der Waals surface area contributed by atoms with E-state index < -0.39 is 0 Å². The highest BCUT2D eigenvalue weighted by Crippen LogP contribution is 2.41. The fraction of sp³-hybridized carbons (Fsp3) is 0.667. The highest BCUT2D eigenvalue weighted by molar-refractivity contribution is 8.93. The van der Waals surface area contributed by atoms with Gasteiger partial charge in [-0.15, -0.1) is 17.0 Å². The van der Waals surface area contributed by atoms with Gasteiger partial charge in [0.1, 0.15) is 5.69 Å². The molecule has 3 rings (SSSR count). The molecule has 1 N–H and O–H groups in total. The number of hydrogen-bond acceptors (Lipinski definition) is 3. The predicted molar refractivity (Wildman–Crippen MR) is 70.7 cm³/mol. The lowest BCUT2D eigenvalue weighted by atomic mass is 9.67. The molecule has 94 valence electrons. The zero-order chi connectivity index (χ0) is 11.2. The van der Waals surface area contributed by atoms with Crippen molar-refractivity contribution in [3.05, 3.63) is 17.5 Å². The van der Waals surface area contributed by atoms with Crippen LogP contribution in [0.2, 0.25) is 0 Å². The average molecular weight is 300 g/mol. The smallest absolute Gasteiger partial charge is 0.181 e. The number of halogens is 1. The number of fused-ring (bicyclic) bond motifs is 1. The Morgan fingerprint density at radius 3 is 2.76 bits per heavy atom. The van der Waals surface area contributed by atoms with E-state index in [0.717, 1.165) is 43.6 Å². The van der Waals surface area contributed by atoms with E-state index in [9.17, 15) is 4.79 Å². The molecule has 1 fully saturated rings. The Kier molecular flexibility index (Phi) is 3.41. The molecule has 0 radical (unpaired) electrons. The van der Waals surface area contributed by atoms with Gasteiger partial charge >= 0.3 is 0 Å². The van der Waals surface area contributed by atoms with Crippen LogP contribution in [0.15, 0.2) is 6.20 Å². The molecule has 1 saturated heterocycles. The van der Waals surface area contributed by atoms with E-state index in [1.165, 1.54) is 0 Å². The molecule has 1 spiro atoms. The maximum atomic E-state index is 12.2. The summed E-state index contributed by atoms with van der Waals surface area (Å²) in [4.78, 5) is 12.2. The van der Waals surface area contributed by atoms with Gasteiger partial charge in [0, 0.05) is 19.0 Å². The number of hydrogen-bond donors (Lipinski definition) is 1. The van der Waals surface area contributed by atoms with Crippen LogP contribution in [-0.4, -0.2) is 28.7 Å². The van der Waals surface area contributed by atoms with Gasteiger partial charge in [-0.05, 0) is 37.8 Å². The summed E-state index contributed by atoms with van der Waals surface area (Å²) in [5.41, 5.74) is 2.21. The van der Waals surface area contributed by atoms with Gasteiger partial charge < -0.3 is 5.32 Å². The highest BCUT2D eigenvalue weighted by atomic mass is 79.9. The van der Waals surface area contributed by atoms with Crippen molar-refractivity contribution in [3.8, 4) is 0 Å². The number of carbonyl (C=O) groups excluding carboxylic acids is 1. The molecule has 0 amide bonds. The van der Waals surface area contributed by atoms with Crippen LogP contribution in [0.25, 0.3) is 0 Å². The molecule has 1 aromatic heterocycles. The normalized spacial score (nSPS) is 22.1. The maximum Gasteiger partial charge on any atom is 0.181 e. The summed E-state index contributed by atoms with van der Waals surface area (Å²) in [7, 11) is 1.86. The van der Waals surface area contributed by atoms with Gasteiger partial charge in [-0.25, -0.2) is 0 Å². The van der Waals surface area contributed by atoms with E-state index in [1.54, 1.807) is 4.68 Å². The Balaban J connectivity index is 0.00000108. The minimum absolute atomic E-state index is 0. The maximum absolute atomic E-state index is 12.2. The van der Waals surface area contributed by atoms with Gasteiger partial charge in [-0.1, -0.05) is 0 Å². The third-order valence-corrected chi connectivity index (χ3v) is 4.04. The molecule has 2 aliphatic rings. The molecular weight excluding hydrogens is 282 g/mol. The van der Waals surface area contributed by atoms with E-state index in [2.05, 4.69) is 10.4 Å². The molecule has 1 aliphatic heterocycles. The van der Waals surface area contributed by atoms with E-state index in [-0.39, 0.29) is 28.2 Å². The first kappa shape index (κ1) is 12.8. The van der Waals surface area contributed by atoms with Crippen LogP contribution in [0.4, 0.5) is 0 Å². The zero-order valence-corrected chi connectivity index (χ0v) is 11.7. The fourth-order valence-corrected chi connectivity index (χ4v) is 3.17. The number of piperidine rings is 1. The number of nitrogens with one attached hydrogen (secondary N) is 1. The van der Waals surface area contributed by atoms with Crippen molar-refractivity contribution >= 4 is 22.8 Å². The van der Waals surface area contributed by atoms with Crippen molar-refractivity contribution in [2.24, 2.45) is 12.5 Å². The van der Waals surface area contributed by atoms with Crippen LogP contribution in [0, 0.1) is 5.41 Å². The summed E-state index contributed by atoms with van der Waals surface area (Å²) in [6.45, 7) is 2.09. The lowest BCUT2D eigenvalue weighted by Crippen LogP contribution is -2.42. The summed E-state index contributed by atoms with van der Waals surface area (Å²) in [5, 5.41) is 7.58. The second-order valence-corrected chi connectivity index (χ2v) is 5.17. The molecule has 0 atom stereocenters. The van der Waals surface area contributed by atoms with Crippen LogP contribution in [-0.2, 0) is 13.5 Å². The Labute approximate surface area is 112 Å². The Morgan fingerprint density at radius 2 is 2.06 bits per heavy atom. The molecule has 17 heavy (non-hydrogen) atoms. The van der Waals surface area contributed by atoms with E-state index >= 15 is 0 Å². The molecule has 0 unspecified atom stereocenters. The van der Waals surface area contributed by atoms with Crippen molar-refractivity contribution in [2.75, 3.05) is 13.1 Å². The van der Waals surface area contributed by atoms with E-state index in [0.29, 0.717) is 6.42 Å². The fourth-order valence-electron chi connectivity index (χ4n) is 3.17. The zero-order valence-electron chi connectivity index (χ0n) is 10.0. The summed E-state index contributed by atoms with van der Waals surface area (Å²) in [6, 6.07) is 0. The summed E-state index contributed by atoms with van der Waals surface area (Å²) in [6.07, 6.45) is 5.85. The Morgan fingerprint density at radius 1 is 1.35 bits per heavy atom. The summed E-state index contributed by atoms with van der Waals surface area (Å²) < 4.78 is 1.73. The van der Waals surface area contributed by atoms with Crippen LogP contribution in [0.1, 0.15) is 35.3 Å².